The highest BCUT2D eigenvalue weighted by atomic mass is 19.1. The number of amides is 1. The summed E-state index contributed by atoms with van der Waals surface area (Å²) in [5.41, 5.74) is -0.195. The second-order valence-electron chi connectivity index (χ2n) is 6.73. The van der Waals surface area contributed by atoms with Gasteiger partial charge in [-0.1, -0.05) is 12.8 Å². The van der Waals surface area contributed by atoms with E-state index >= 15 is 0 Å². The van der Waals surface area contributed by atoms with Gasteiger partial charge >= 0.3 is 5.97 Å². The van der Waals surface area contributed by atoms with Gasteiger partial charge in [-0.05, 0) is 37.3 Å². The maximum absolute atomic E-state index is 13.7. The molecule has 0 unspecified atom stereocenters. The Bertz CT molecular complexity index is 668. The van der Waals surface area contributed by atoms with E-state index in [0.717, 1.165) is 43.9 Å². The minimum atomic E-state index is -0.698. The Hall–Kier alpha value is -2.02. The molecule has 2 aliphatic rings. The number of hydrogen-bond acceptors (Lipinski definition) is 4. The number of fused-ring (bicyclic) bond motifs is 1. The standard InChI is InChI=1S/C18H22F2N2O3/c1-25-18(24)16-8-11-4-2-3-5-15(11)22(16)10-17(23)21-14-9-12(19)6-7-13(14)20/h6-7,9,11,15-16H,2-5,8,10H2,1H3,(H,21,23)/t11-,15+,16-/m0/s1. The highest BCUT2D eigenvalue weighted by Gasteiger charge is 2.46. The SMILES string of the molecule is COC(=O)[C@@H]1C[C@@H]2CCCC[C@H]2N1CC(=O)Nc1cc(F)ccc1F. The van der Waals surface area contributed by atoms with Crippen LogP contribution in [0.5, 0.6) is 0 Å². The van der Waals surface area contributed by atoms with Crippen LogP contribution >= 0.6 is 0 Å². The first-order valence-electron chi connectivity index (χ1n) is 8.58. The van der Waals surface area contributed by atoms with Crippen molar-refractivity contribution in [1.29, 1.82) is 0 Å². The van der Waals surface area contributed by atoms with E-state index in [1.165, 1.54) is 7.11 Å². The molecule has 5 nitrogen and oxygen atoms in total. The molecule has 0 aromatic heterocycles. The van der Waals surface area contributed by atoms with Gasteiger partial charge < -0.3 is 10.1 Å². The molecule has 136 valence electrons. The summed E-state index contributed by atoms with van der Waals surface area (Å²) in [6, 6.07) is 2.60. The van der Waals surface area contributed by atoms with Gasteiger partial charge in [0.15, 0.2) is 0 Å². The number of anilines is 1. The van der Waals surface area contributed by atoms with Crippen LogP contribution in [0.4, 0.5) is 14.5 Å². The smallest absolute Gasteiger partial charge is 0.323 e. The van der Waals surface area contributed by atoms with Gasteiger partial charge in [0.2, 0.25) is 5.91 Å². The molecule has 1 aromatic carbocycles. The van der Waals surface area contributed by atoms with E-state index in [1.807, 2.05) is 4.90 Å². The molecular weight excluding hydrogens is 330 g/mol. The number of halogens is 2. The van der Waals surface area contributed by atoms with E-state index in [0.29, 0.717) is 12.3 Å². The topological polar surface area (TPSA) is 58.6 Å². The van der Waals surface area contributed by atoms with Gasteiger partial charge in [-0.15, -0.1) is 0 Å². The Morgan fingerprint density at radius 2 is 2.04 bits per heavy atom. The van der Waals surface area contributed by atoms with Crippen molar-refractivity contribution in [1.82, 2.24) is 4.90 Å². The first-order valence-corrected chi connectivity index (χ1v) is 8.58. The van der Waals surface area contributed by atoms with Crippen molar-refractivity contribution in [3.05, 3.63) is 29.8 Å². The van der Waals surface area contributed by atoms with Crippen molar-refractivity contribution >= 4 is 17.6 Å². The second-order valence-corrected chi connectivity index (χ2v) is 6.73. The molecule has 3 rings (SSSR count). The van der Waals surface area contributed by atoms with Crippen molar-refractivity contribution in [2.24, 2.45) is 5.92 Å². The predicted molar refractivity (Wildman–Crippen MR) is 87.9 cm³/mol. The number of nitrogens with one attached hydrogen (secondary N) is 1. The van der Waals surface area contributed by atoms with Crippen molar-refractivity contribution in [3.63, 3.8) is 0 Å². The predicted octanol–water partition coefficient (Wildman–Crippen LogP) is 2.71. The zero-order valence-electron chi connectivity index (χ0n) is 14.1. The molecule has 1 saturated carbocycles. The number of likely N-dealkylation sites (tertiary alicyclic amines) is 1. The van der Waals surface area contributed by atoms with Crippen LogP contribution in [0, 0.1) is 17.6 Å². The number of rotatable bonds is 4. The maximum Gasteiger partial charge on any atom is 0.323 e. The second kappa shape index (κ2) is 7.47. The van der Waals surface area contributed by atoms with Crippen LogP contribution in [0.15, 0.2) is 18.2 Å². The van der Waals surface area contributed by atoms with Crippen molar-refractivity contribution in [2.45, 2.75) is 44.2 Å². The summed E-state index contributed by atoms with van der Waals surface area (Å²) >= 11 is 0. The molecule has 0 bridgehead atoms. The summed E-state index contributed by atoms with van der Waals surface area (Å²) in [5.74, 6) is -1.77. The molecule has 1 heterocycles. The van der Waals surface area contributed by atoms with Crippen LogP contribution < -0.4 is 5.32 Å². The largest absolute Gasteiger partial charge is 0.468 e. The fourth-order valence-corrected chi connectivity index (χ4v) is 4.10. The molecule has 3 atom stereocenters. The molecule has 2 fully saturated rings. The highest BCUT2D eigenvalue weighted by Crippen LogP contribution is 2.39. The lowest BCUT2D eigenvalue weighted by molar-refractivity contribution is -0.146. The average Bonchev–Trinajstić information content (AvgIpc) is 2.96. The van der Waals surface area contributed by atoms with Crippen molar-refractivity contribution in [2.75, 3.05) is 19.0 Å². The van der Waals surface area contributed by atoms with Gasteiger partial charge in [0, 0.05) is 12.1 Å². The van der Waals surface area contributed by atoms with E-state index in [-0.39, 0.29) is 24.2 Å². The van der Waals surface area contributed by atoms with Crippen LogP contribution in [0.1, 0.15) is 32.1 Å². The van der Waals surface area contributed by atoms with Gasteiger partial charge in [-0.3, -0.25) is 14.5 Å². The summed E-state index contributed by atoms with van der Waals surface area (Å²) in [5, 5.41) is 2.40. The van der Waals surface area contributed by atoms with Crippen LogP contribution in [0.25, 0.3) is 0 Å². The van der Waals surface area contributed by atoms with E-state index in [9.17, 15) is 18.4 Å². The third-order valence-electron chi connectivity index (χ3n) is 5.22. The Balaban J connectivity index is 1.72. The van der Waals surface area contributed by atoms with Crippen molar-refractivity contribution in [3.8, 4) is 0 Å². The Labute approximate surface area is 145 Å². The minimum absolute atomic E-state index is 0.0448. The number of methoxy groups -OCH3 is 1. The van der Waals surface area contributed by atoms with Crippen LogP contribution in [-0.4, -0.2) is 42.5 Å². The van der Waals surface area contributed by atoms with E-state index in [2.05, 4.69) is 5.32 Å². The average molecular weight is 352 g/mol. The first kappa shape index (κ1) is 17.8. The number of carbonyl (C=O) groups is 2. The third kappa shape index (κ3) is 3.81. The number of nitrogens with zero attached hydrogens (tertiary/aromatic N) is 1. The van der Waals surface area contributed by atoms with Gasteiger partial charge in [0.1, 0.15) is 17.7 Å². The maximum atomic E-state index is 13.7. The third-order valence-corrected chi connectivity index (χ3v) is 5.22. The Morgan fingerprint density at radius 3 is 2.80 bits per heavy atom. The molecule has 1 aliphatic carbocycles. The molecule has 1 saturated heterocycles. The Kier molecular flexibility index (Phi) is 5.32. The van der Waals surface area contributed by atoms with Crippen LogP contribution in [0.2, 0.25) is 0 Å². The normalized spacial score (nSPS) is 26.1. The number of ether oxygens (including phenoxy) is 1. The zero-order valence-corrected chi connectivity index (χ0v) is 14.1. The summed E-state index contributed by atoms with van der Waals surface area (Å²) in [4.78, 5) is 26.3. The summed E-state index contributed by atoms with van der Waals surface area (Å²) < 4.78 is 31.8. The highest BCUT2D eigenvalue weighted by molar-refractivity contribution is 5.93. The van der Waals surface area contributed by atoms with E-state index in [1.54, 1.807) is 0 Å². The number of hydrogen-bond donors (Lipinski definition) is 1. The zero-order chi connectivity index (χ0) is 18.0. The molecule has 1 aromatic rings. The summed E-state index contributed by atoms with van der Waals surface area (Å²) in [6.07, 6.45) is 4.84. The van der Waals surface area contributed by atoms with Crippen LogP contribution in [0.3, 0.4) is 0 Å². The van der Waals surface area contributed by atoms with Gasteiger partial charge in [-0.25, -0.2) is 8.78 Å². The number of carbonyl (C=O) groups excluding carboxylic acids is 2. The first-order chi connectivity index (χ1) is 12.0. The van der Waals surface area contributed by atoms with E-state index < -0.39 is 23.6 Å². The van der Waals surface area contributed by atoms with E-state index in [4.69, 9.17) is 4.74 Å². The minimum Gasteiger partial charge on any atom is -0.468 e. The van der Waals surface area contributed by atoms with Gasteiger partial charge in [0.05, 0.1) is 19.3 Å². The molecule has 0 radical (unpaired) electrons. The summed E-state index contributed by atoms with van der Waals surface area (Å²) in [7, 11) is 1.34. The lowest BCUT2D eigenvalue weighted by Crippen LogP contribution is -2.46. The molecule has 1 amide bonds. The molecule has 25 heavy (non-hydrogen) atoms. The lowest BCUT2D eigenvalue weighted by atomic mass is 9.85. The Morgan fingerprint density at radius 1 is 1.28 bits per heavy atom. The van der Waals surface area contributed by atoms with Crippen molar-refractivity contribution < 1.29 is 23.1 Å². The molecule has 1 aliphatic heterocycles. The summed E-state index contributed by atoms with van der Waals surface area (Å²) in [6.45, 7) is -0.0448. The quantitative estimate of drug-likeness (QED) is 0.847. The lowest BCUT2D eigenvalue weighted by Gasteiger charge is -2.32. The van der Waals surface area contributed by atoms with Gasteiger partial charge in [-0.2, -0.15) is 0 Å². The van der Waals surface area contributed by atoms with Gasteiger partial charge in [0.25, 0.3) is 0 Å². The van der Waals surface area contributed by atoms with Crippen LogP contribution in [-0.2, 0) is 14.3 Å². The monoisotopic (exact) mass is 352 g/mol. The molecule has 1 N–H and O–H groups in total. The molecular formula is C18H22F2N2O3. The fourth-order valence-electron chi connectivity index (χ4n) is 4.10. The number of benzene rings is 1. The number of esters is 1. The fraction of sp³-hybridized carbons (Fsp3) is 0.556. The molecule has 0 spiro atoms. The molecule has 7 heteroatoms.